The van der Waals surface area contributed by atoms with Crippen molar-refractivity contribution in [1.29, 1.82) is 0 Å². The second-order valence-corrected chi connectivity index (χ2v) is 9.89. The van der Waals surface area contributed by atoms with E-state index in [0.29, 0.717) is 34.1 Å². The molecule has 0 aliphatic heterocycles. The summed E-state index contributed by atoms with van der Waals surface area (Å²) >= 11 is 0. The lowest BCUT2D eigenvalue weighted by Gasteiger charge is -2.14. The van der Waals surface area contributed by atoms with Crippen molar-refractivity contribution < 1.29 is 19.7 Å². The molecule has 0 saturated heterocycles. The first-order chi connectivity index (χ1) is 21.4. The first kappa shape index (κ1) is 27.7. The van der Waals surface area contributed by atoms with Crippen LogP contribution in [-0.4, -0.2) is 10.2 Å². The van der Waals surface area contributed by atoms with Gasteiger partial charge in [0, 0.05) is 34.2 Å². The number of nitrogen functional groups attached to an aromatic ring is 2. The number of hydrogen-bond donors (Lipinski definition) is 4. The molecule has 0 unspecified atom stereocenters. The predicted molar refractivity (Wildman–Crippen MR) is 174 cm³/mol. The van der Waals surface area contributed by atoms with Gasteiger partial charge < -0.3 is 31.2 Å². The van der Waals surface area contributed by atoms with E-state index >= 15 is 0 Å². The highest BCUT2D eigenvalue weighted by Gasteiger charge is 2.15. The van der Waals surface area contributed by atoms with Crippen molar-refractivity contribution in [3.05, 3.63) is 144 Å². The normalized spacial score (nSPS) is 10.3. The van der Waals surface area contributed by atoms with E-state index in [1.165, 1.54) is 12.1 Å². The Kier molecular flexibility index (Phi) is 7.65. The van der Waals surface area contributed by atoms with Gasteiger partial charge in [-0.1, -0.05) is 66.1 Å². The van der Waals surface area contributed by atoms with Crippen LogP contribution >= 0.6 is 0 Å². The summed E-state index contributed by atoms with van der Waals surface area (Å²) in [6.45, 7) is 0. The van der Waals surface area contributed by atoms with Gasteiger partial charge in [-0.25, -0.2) is 0 Å². The van der Waals surface area contributed by atoms with Gasteiger partial charge in [-0.05, 0) is 72.1 Å². The average molecular weight is 575 g/mol. The molecule has 0 aliphatic carbocycles. The first-order valence-corrected chi connectivity index (χ1v) is 13.7. The number of nitrogens with two attached hydrogens (primary N) is 2. The van der Waals surface area contributed by atoms with Crippen LogP contribution in [0.2, 0.25) is 0 Å². The van der Waals surface area contributed by atoms with Gasteiger partial charge in [-0.3, -0.25) is 0 Å². The quantitative estimate of drug-likeness (QED) is 0.0971. The molecule has 0 atom stereocenters. The highest BCUT2D eigenvalue weighted by atomic mass is 16.5. The Morgan fingerprint density at radius 1 is 0.500 bits per heavy atom. The lowest BCUT2D eigenvalue weighted by molar-refractivity contribution is 0.466. The topological polar surface area (TPSA) is 111 Å². The maximum Gasteiger partial charge on any atom is 0.143 e. The van der Waals surface area contributed by atoms with Crippen LogP contribution in [0.5, 0.6) is 34.5 Å². The van der Waals surface area contributed by atoms with Gasteiger partial charge >= 0.3 is 0 Å². The molecule has 6 aromatic rings. The molecule has 6 aromatic carbocycles. The molecule has 0 aliphatic rings. The van der Waals surface area contributed by atoms with E-state index in [1.807, 2.05) is 84.9 Å². The highest BCUT2D eigenvalue weighted by Crippen LogP contribution is 2.38. The molecule has 6 rings (SSSR count). The molecule has 212 valence electrons. The molecule has 0 fully saturated rings. The van der Waals surface area contributed by atoms with Crippen molar-refractivity contribution >= 4 is 22.1 Å². The van der Waals surface area contributed by atoms with Crippen LogP contribution < -0.4 is 20.9 Å². The maximum atomic E-state index is 9.92. The number of hydrogen-bond acceptors (Lipinski definition) is 6. The molecule has 0 spiro atoms. The highest BCUT2D eigenvalue weighted by molar-refractivity contribution is 5.96. The SMILES string of the molecule is Nc1cc(Oc2cc(C#Cc3ccccc3)c3c(C#Cc4ccccc4)c(Oc4ccc(O)c(N)c4)ccc3c2)ccc1O. The Morgan fingerprint density at radius 2 is 1.07 bits per heavy atom. The van der Waals surface area contributed by atoms with E-state index in [1.54, 1.807) is 24.3 Å². The molecule has 0 saturated carbocycles. The number of phenolic OH excluding ortho intramolecular Hbond substituents is 2. The third-order valence-electron chi connectivity index (χ3n) is 6.74. The van der Waals surface area contributed by atoms with Gasteiger partial charge in [0.15, 0.2) is 0 Å². The molecule has 6 N–H and O–H groups in total. The van der Waals surface area contributed by atoms with Gasteiger partial charge in [0.05, 0.1) is 16.9 Å². The Labute approximate surface area is 254 Å². The zero-order chi connectivity index (χ0) is 30.5. The average Bonchev–Trinajstić information content (AvgIpc) is 3.04. The fraction of sp³-hybridized carbons (Fsp3) is 0. The van der Waals surface area contributed by atoms with E-state index in [2.05, 4.69) is 23.7 Å². The van der Waals surface area contributed by atoms with Crippen molar-refractivity contribution in [2.75, 3.05) is 11.5 Å². The number of fused-ring (bicyclic) bond motifs is 1. The van der Waals surface area contributed by atoms with Gasteiger partial charge in [0.2, 0.25) is 0 Å². The van der Waals surface area contributed by atoms with Crippen LogP contribution in [0.3, 0.4) is 0 Å². The standard InChI is InChI=1S/C38H26N2O4/c39-33-23-29(15-18-35(33)41)43-31-21-27(13-11-25-7-3-1-4-8-25)38-28(22-31)14-20-37(44-30-16-19-36(42)34(40)24-30)32(38)17-12-26-9-5-2-6-10-26/h1-10,14-16,18-24,41-42H,39-40H2. The number of phenols is 2. The molecule has 0 heterocycles. The van der Waals surface area contributed by atoms with Crippen molar-refractivity contribution in [1.82, 2.24) is 0 Å². The van der Waals surface area contributed by atoms with Crippen molar-refractivity contribution in [2.24, 2.45) is 0 Å². The molecule has 0 bridgehead atoms. The fourth-order valence-corrected chi connectivity index (χ4v) is 4.56. The molecular weight excluding hydrogens is 548 g/mol. The van der Waals surface area contributed by atoms with Crippen LogP contribution in [0.4, 0.5) is 11.4 Å². The number of rotatable bonds is 4. The minimum Gasteiger partial charge on any atom is -0.506 e. The third-order valence-corrected chi connectivity index (χ3v) is 6.74. The summed E-state index contributed by atoms with van der Waals surface area (Å²) in [4.78, 5) is 0. The predicted octanol–water partition coefficient (Wildman–Crippen LogP) is 7.80. The van der Waals surface area contributed by atoms with Crippen LogP contribution in [0.1, 0.15) is 22.3 Å². The van der Waals surface area contributed by atoms with Gasteiger partial charge in [-0.2, -0.15) is 0 Å². The van der Waals surface area contributed by atoms with E-state index in [9.17, 15) is 10.2 Å². The fourth-order valence-electron chi connectivity index (χ4n) is 4.56. The Bertz CT molecular complexity index is 2120. The maximum absolute atomic E-state index is 9.92. The van der Waals surface area contributed by atoms with Crippen LogP contribution in [0.25, 0.3) is 10.8 Å². The Hall–Kier alpha value is -6.50. The lowest BCUT2D eigenvalue weighted by atomic mass is 9.97. The molecule has 44 heavy (non-hydrogen) atoms. The first-order valence-electron chi connectivity index (χ1n) is 13.7. The second-order valence-electron chi connectivity index (χ2n) is 9.89. The van der Waals surface area contributed by atoms with Gasteiger partial charge in [0.25, 0.3) is 0 Å². The summed E-state index contributed by atoms with van der Waals surface area (Å²) in [6, 6.07) is 36.2. The van der Waals surface area contributed by atoms with Gasteiger partial charge in [0.1, 0.15) is 34.5 Å². The summed E-state index contributed by atoms with van der Waals surface area (Å²) in [5.41, 5.74) is 15.2. The second kappa shape index (κ2) is 12.2. The number of benzene rings is 6. The van der Waals surface area contributed by atoms with Crippen molar-refractivity contribution in [3.8, 4) is 58.2 Å². The summed E-state index contributed by atoms with van der Waals surface area (Å²) in [5, 5.41) is 21.4. The molecular formula is C38H26N2O4. The van der Waals surface area contributed by atoms with Crippen LogP contribution in [0, 0.1) is 23.7 Å². The van der Waals surface area contributed by atoms with Crippen LogP contribution in [-0.2, 0) is 0 Å². The van der Waals surface area contributed by atoms with Crippen LogP contribution in [0.15, 0.2) is 121 Å². The summed E-state index contributed by atoms with van der Waals surface area (Å²) in [7, 11) is 0. The van der Waals surface area contributed by atoms with E-state index in [0.717, 1.165) is 21.9 Å². The smallest absolute Gasteiger partial charge is 0.143 e. The minimum atomic E-state index is -0.0265. The molecule has 0 aromatic heterocycles. The Balaban J connectivity index is 1.56. The molecule has 6 heteroatoms. The largest absolute Gasteiger partial charge is 0.506 e. The molecule has 0 radical (unpaired) electrons. The summed E-state index contributed by atoms with van der Waals surface area (Å²) in [5.74, 6) is 15.1. The zero-order valence-corrected chi connectivity index (χ0v) is 23.4. The van der Waals surface area contributed by atoms with E-state index < -0.39 is 0 Å². The van der Waals surface area contributed by atoms with Crippen molar-refractivity contribution in [3.63, 3.8) is 0 Å². The number of ether oxygens (including phenoxy) is 2. The van der Waals surface area contributed by atoms with Gasteiger partial charge in [-0.15, -0.1) is 0 Å². The lowest BCUT2D eigenvalue weighted by Crippen LogP contribution is -1.95. The number of aromatic hydroxyl groups is 2. The third kappa shape index (κ3) is 6.21. The molecule has 0 amide bonds. The summed E-state index contributed by atoms with van der Waals surface area (Å²) < 4.78 is 12.5. The van der Waals surface area contributed by atoms with Crippen molar-refractivity contribution in [2.45, 2.75) is 0 Å². The number of anilines is 2. The van der Waals surface area contributed by atoms with E-state index in [-0.39, 0.29) is 22.9 Å². The Morgan fingerprint density at radius 3 is 1.66 bits per heavy atom. The zero-order valence-electron chi connectivity index (χ0n) is 23.4. The monoisotopic (exact) mass is 574 g/mol. The minimum absolute atomic E-state index is 0.0187. The molecule has 6 nitrogen and oxygen atoms in total. The van der Waals surface area contributed by atoms with E-state index in [4.69, 9.17) is 20.9 Å². The summed E-state index contributed by atoms with van der Waals surface area (Å²) in [6.07, 6.45) is 0.